The van der Waals surface area contributed by atoms with Crippen LogP contribution >= 0.6 is 11.3 Å². The summed E-state index contributed by atoms with van der Waals surface area (Å²) < 4.78 is 5.58. The third-order valence-corrected chi connectivity index (χ3v) is 5.01. The molecule has 0 unspecified atom stereocenters. The second kappa shape index (κ2) is 8.22. The van der Waals surface area contributed by atoms with Gasteiger partial charge in [-0.25, -0.2) is 4.98 Å². The van der Waals surface area contributed by atoms with Gasteiger partial charge < -0.3 is 10.1 Å². The molecule has 2 rings (SSSR count). The first-order valence-corrected chi connectivity index (χ1v) is 8.89. The molecule has 0 radical (unpaired) electrons. The number of nitrogens with zero attached hydrogens (tertiary/aromatic N) is 2. The number of ether oxygens (including phenoxy) is 1. The minimum absolute atomic E-state index is 0.354. The molecule has 0 amide bonds. The fraction of sp³-hybridized carbons (Fsp3) is 0.812. The summed E-state index contributed by atoms with van der Waals surface area (Å²) in [6.07, 6.45) is 3.51. The van der Waals surface area contributed by atoms with Crippen LogP contribution in [0.15, 0.2) is 5.38 Å². The van der Waals surface area contributed by atoms with Crippen molar-refractivity contribution in [1.29, 1.82) is 0 Å². The van der Waals surface area contributed by atoms with Crippen molar-refractivity contribution in [2.45, 2.75) is 39.7 Å². The maximum atomic E-state index is 5.58. The van der Waals surface area contributed by atoms with E-state index in [1.54, 1.807) is 11.3 Å². The lowest BCUT2D eigenvalue weighted by Gasteiger charge is -2.40. The number of nitrogens with one attached hydrogen (secondary N) is 1. The zero-order valence-corrected chi connectivity index (χ0v) is 14.5. The topological polar surface area (TPSA) is 37.4 Å². The normalized spacial score (nSPS) is 18.3. The van der Waals surface area contributed by atoms with Crippen LogP contribution in [0.1, 0.15) is 36.9 Å². The highest BCUT2D eigenvalue weighted by Gasteiger charge is 2.33. The van der Waals surface area contributed by atoms with Gasteiger partial charge in [-0.1, -0.05) is 6.92 Å². The summed E-state index contributed by atoms with van der Waals surface area (Å²) in [4.78, 5) is 7.00. The van der Waals surface area contributed by atoms with Crippen LogP contribution in [0.3, 0.4) is 0 Å². The molecule has 2 heterocycles. The van der Waals surface area contributed by atoms with Gasteiger partial charge in [0, 0.05) is 38.2 Å². The predicted octanol–water partition coefficient (Wildman–Crippen LogP) is 2.68. The van der Waals surface area contributed by atoms with Crippen LogP contribution in [-0.2, 0) is 11.3 Å². The Bertz CT molecular complexity index is 415. The molecule has 0 bridgehead atoms. The molecule has 1 aromatic rings. The van der Waals surface area contributed by atoms with Crippen molar-refractivity contribution in [3.05, 3.63) is 16.1 Å². The van der Waals surface area contributed by atoms with Crippen LogP contribution < -0.4 is 5.32 Å². The van der Waals surface area contributed by atoms with E-state index in [0.29, 0.717) is 5.41 Å². The molecule has 1 fully saturated rings. The van der Waals surface area contributed by atoms with Crippen molar-refractivity contribution < 1.29 is 4.74 Å². The summed E-state index contributed by atoms with van der Waals surface area (Å²) in [6, 6.07) is 0. The average molecular weight is 311 g/mol. The Morgan fingerprint density at radius 1 is 1.43 bits per heavy atom. The van der Waals surface area contributed by atoms with Gasteiger partial charge in [0.2, 0.25) is 0 Å². The molecule has 0 atom stereocenters. The molecule has 0 aromatic carbocycles. The Balaban J connectivity index is 1.90. The third-order valence-electron chi connectivity index (χ3n) is 4.18. The smallest absolute Gasteiger partial charge is 0.0897 e. The van der Waals surface area contributed by atoms with Crippen molar-refractivity contribution in [3.8, 4) is 0 Å². The summed E-state index contributed by atoms with van der Waals surface area (Å²) in [6.45, 7) is 10.4. The summed E-state index contributed by atoms with van der Waals surface area (Å²) in [5.41, 5.74) is 1.55. The second-order valence-electron chi connectivity index (χ2n) is 6.32. The van der Waals surface area contributed by atoms with Gasteiger partial charge in [0.05, 0.1) is 10.7 Å². The molecule has 1 aliphatic heterocycles. The van der Waals surface area contributed by atoms with Crippen LogP contribution in [0.2, 0.25) is 0 Å². The van der Waals surface area contributed by atoms with Crippen LogP contribution in [0.25, 0.3) is 0 Å². The van der Waals surface area contributed by atoms with Crippen molar-refractivity contribution in [2.75, 3.05) is 39.9 Å². The molecule has 1 saturated heterocycles. The molecule has 0 aliphatic carbocycles. The summed E-state index contributed by atoms with van der Waals surface area (Å²) in [5.74, 6) is 0. The molecule has 5 heteroatoms. The molecule has 4 nitrogen and oxygen atoms in total. The molecule has 1 aromatic heterocycles. The molecular formula is C16H29N3OS. The minimum Gasteiger partial charge on any atom is -0.381 e. The number of aryl methyl sites for hydroxylation is 1. The van der Waals surface area contributed by atoms with E-state index in [2.05, 4.69) is 41.5 Å². The predicted molar refractivity (Wildman–Crippen MR) is 88.8 cm³/mol. The maximum absolute atomic E-state index is 5.58. The number of hydrogen-bond donors (Lipinski definition) is 1. The van der Waals surface area contributed by atoms with Crippen LogP contribution in [-0.4, -0.2) is 49.8 Å². The van der Waals surface area contributed by atoms with Gasteiger partial charge in [0.1, 0.15) is 0 Å². The summed E-state index contributed by atoms with van der Waals surface area (Å²) in [7, 11) is 2.21. The zero-order valence-electron chi connectivity index (χ0n) is 13.7. The van der Waals surface area contributed by atoms with Gasteiger partial charge in [0.25, 0.3) is 0 Å². The highest BCUT2D eigenvalue weighted by atomic mass is 32.1. The molecule has 120 valence electrons. The Morgan fingerprint density at radius 2 is 2.19 bits per heavy atom. The van der Waals surface area contributed by atoms with Crippen LogP contribution in [0.5, 0.6) is 0 Å². The van der Waals surface area contributed by atoms with E-state index in [-0.39, 0.29) is 0 Å². The summed E-state index contributed by atoms with van der Waals surface area (Å²) >= 11 is 1.74. The fourth-order valence-electron chi connectivity index (χ4n) is 3.11. The maximum Gasteiger partial charge on any atom is 0.0897 e. The van der Waals surface area contributed by atoms with Gasteiger partial charge in [-0.15, -0.1) is 11.3 Å². The van der Waals surface area contributed by atoms with E-state index < -0.39 is 0 Å². The van der Waals surface area contributed by atoms with E-state index in [1.165, 1.54) is 12.1 Å². The van der Waals surface area contributed by atoms with Gasteiger partial charge >= 0.3 is 0 Å². The van der Waals surface area contributed by atoms with E-state index in [0.717, 1.165) is 57.2 Å². The standard InChI is InChI=1S/C16H29N3OS/c1-4-7-17-12-16(5-8-20-9-6-16)13-19(3)10-15-11-21-14(2)18-15/h11,17H,4-10,12-13H2,1-3H3. The van der Waals surface area contributed by atoms with E-state index in [1.807, 2.05) is 0 Å². The minimum atomic E-state index is 0.354. The van der Waals surface area contributed by atoms with E-state index >= 15 is 0 Å². The van der Waals surface area contributed by atoms with Crippen LogP contribution in [0.4, 0.5) is 0 Å². The number of rotatable bonds is 8. The van der Waals surface area contributed by atoms with Crippen molar-refractivity contribution in [1.82, 2.24) is 15.2 Å². The third kappa shape index (κ3) is 5.33. The highest BCUT2D eigenvalue weighted by Crippen LogP contribution is 2.31. The number of aromatic nitrogens is 1. The Kier molecular flexibility index (Phi) is 6.61. The van der Waals surface area contributed by atoms with Gasteiger partial charge in [-0.05, 0) is 45.2 Å². The lowest BCUT2D eigenvalue weighted by atomic mass is 9.79. The molecular weight excluding hydrogens is 282 g/mol. The van der Waals surface area contributed by atoms with Crippen molar-refractivity contribution >= 4 is 11.3 Å². The van der Waals surface area contributed by atoms with E-state index in [9.17, 15) is 0 Å². The van der Waals surface area contributed by atoms with E-state index in [4.69, 9.17) is 4.74 Å². The van der Waals surface area contributed by atoms with Crippen molar-refractivity contribution in [3.63, 3.8) is 0 Å². The number of hydrogen-bond acceptors (Lipinski definition) is 5. The largest absolute Gasteiger partial charge is 0.381 e. The molecule has 21 heavy (non-hydrogen) atoms. The Hall–Kier alpha value is -0.490. The van der Waals surface area contributed by atoms with Crippen molar-refractivity contribution in [2.24, 2.45) is 5.41 Å². The second-order valence-corrected chi connectivity index (χ2v) is 7.38. The zero-order chi connectivity index (χ0) is 15.1. The van der Waals surface area contributed by atoms with Gasteiger partial charge in [-0.3, -0.25) is 4.90 Å². The van der Waals surface area contributed by atoms with Crippen LogP contribution in [0, 0.1) is 12.3 Å². The quantitative estimate of drug-likeness (QED) is 0.749. The lowest BCUT2D eigenvalue weighted by molar-refractivity contribution is -0.00166. The Morgan fingerprint density at radius 3 is 2.81 bits per heavy atom. The first-order valence-electron chi connectivity index (χ1n) is 8.01. The van der Waals surface area contributed by atoms with Gasteiger partial charge in [0.15, 0.2) is 0 Å². The molecule has 0 spiro atoms. The SMILES string of the molecule is CCCNCC1(CN(C)Cc2csc(C)n2)CCOCC1. The molecule has 1 N–H and O–H groups in total. The van der Waals surface area contributed by atoms with Gasteiger partial charge in [-0.2, -0.15) is 0 Å². The molecule has 1 aliphatic rings. The molecule has 0 saturated carbocycles. The first kappa shape index (κ1) is 16.9. The number of thiazole rings is 1. The first-order chi connectivity index (χ1) is 10.1. The lowest BCUT2D eigenvalue weighted by Crippen LogP contribution is -2.46. The monoisotopic (exact) mass is 311 g/mol. The fourth-order valence-corrected chi connectivity index (χ4v) is 3.72. The highest BCUT2D eigenvalue weighted by molar-refractivity contribution is 7.09. The average Bonchev–Trinajstić information content (AvgIpc) is 2.85. The Labute approximate surface area is 132 Å². The summed E-state index contributed by atoms with van der Waals surface area (Å²) in [5, 5.41) is 6.96.